The lowest BCUT2D eigenvalue weighted by Gasteiger charge is -2.22. The summed E-state index contributed by atoms with van der Waals surface area (Å²) in [5.41, 5.74) is 0.152. The van der Waals surface area contributed by atoms with E-state index in [9.17, 15) is 0 Å². The molecule has 1 atom stereocenters. The van der Waals surface area contributed by atoms with Gasteiger partial charge >= 0.3 is 0 Å². The number of aromatic nitrogens is 2. The minimum absolute atomic E-state index is 0.152. The van der Waals surface area contributed by atoms with Crippen LogP contribution in [-0.2, 0) is 0 Å². The van der Waals surface area contributed by atoms with E-state index in [1.54, 1.807) is 18.7 Å². The van der Waals surface area contributed by atoms with E-state index in [-0.39, 0.29) is 5.54 Å². The van der Waals surface area contributed by atoms with E-state index < -0.39 is 0 Å². The predicted octanol–water partition coefficient (Wildman–Crippen LogP) is 2.25. The molecule has 1 aromatic rings. The van der Waals surface area contributed by atoms with Gasteiger partial charge in [0.05, 0.1) is 0 Å². The highest BCUT2D eigenvalue weighted by Crippen LogP contribution is 2.21. The molecule has 0 amide bonds. The number of thioether (sulfide) groups is 1. The van der Waals surface area contributed by atoms with Gasteiger partial charge < -0.3 is 9.73 Å². The first-order chi connectivity index (χ1) is 6.87. The molecular weight excluding hydrogens is 210 g/mol. The van der Waals surface area contributed by atoms with Gasteiger partial charge in [0.2, 0.25) is 5.89 Å². The first kappa shape index (κ1) is 12.5. The number of nitrogens with zero attached hydrogens (tertiary/aromatic N) is 2. The molecule has 5 heteroatoms. The van der Waals surface area contributed by atoms with Crippen LogP contribution in [0.15, 0.2) is 9.64 Å². The summed E-state index contributed by atoms with van der Waals surface area (Å²) in [6, 6.07) is 0. The van der Waals surface area contributed by atoms with Crippen LogP contribution >= 0.6 is 11.8 Å². The summed E-state index contributed by atoms with van der Waals surface area (Å²) in [7, 11) is 0. The molecule has 1 heterocycles. The van der Waals surface area contributed by atoms with Crippen molar-refractivity contribution in [1.82, 2.24) is 15.5 Å². The Morgan fingerprint density at radius 1 is 1.40 bits per heavy atom. The average Bonchev–Trinajstić information content (AvgIpc) is 2.47. The minimum atomic E-state index is 0.152. The zero-order valence-electron chi connectivity index (χ0n) is 10.00. The molecule has 0 aliphatic carbocycles. The Bertz CT molecular complexity index is 306. The standard InChI is InChI=1S/C10H19N3OS/c1-7(6-11-10(3,4)5)15-9-13-12-8(2)14-9/h7,11H,6H2,1-5H3. The topological polar surface area (TPSA) is 51.0 Å². The largest absolute Gasteiger partial charge is 0.416 e. The third-order valence-electron chi connectivity index (χ3n) is 1.73. The highest BCUT2D eigenvalue weighted by molar-refractivity contribution is 7.99. The number of rotatable bonds is 4. The summed E-state index contributed by atoms with van der Waals surface area (Å²) < 4.78 is 5.30. The lowest BCUT2D eigenvalue weighted by Crippen LogP contribution is -2.39. The van der Waals surface area contributed by atoms with Gasteiger partial charge in [-0.3, -0.25) is 0 Å². The van der Waals surface area contributed by atoms with Gasteiger partial charge in [0.1, 0.15) is 0 Å². The molecular formula is C10H19N3OS. The SMILES string of the molecule is Cc1nnc(SC(C)CNC(C)(C)C)o1. The Kier molecular flexibility index (Phi) is 4.16. The van der Waals surface area contributed by atoms with E-state index >= 15 is 0 Å². The molecule has 0 radical (unpaired) electrons. The molecule has 0 saturated heterocycles. The zero-order chi connectivity index (χ0) is 11.5. The second-order valence-corrected chi connectivity index (χ2v) is 6.04. The average molecular weight is 229 g/mol. The lowest BCUT2D eigenvalue weighted by molar-refractivity contribution is 0.419. The van der Waals surface area contributed by atoms with Crippen LogP contribution in [0.4, 0.5) is 0 Å². The second kappa shape index (κ2) is 4.99. The van der Waals surface area contributed by atoms with Gasteiger partial charge in [-0.05, 0) is 20.8 Å². The molecule has 0 bridgehead atoms. The van der Waals surface area contributed by atoms with Crippen LogP contribution in [0.25, 0.3) is 0 Å². The van der Waals surface area contributed by atoms with Gasteiger partial charge in [0, 0.05) is 24.3 Å². The van der Waals surface area contributed by atoms with Crippen molar-refractivity contribution in [2.24, 2.45) is 0 Å². The Morgan fingerprint density at radius 3 is 2.53 bits per heavy atom. The molecule has 0 aromatic carbocycles. The molecule has 0 aliphatic rings. The van der Waals surface area contributed by atoms with Crippen molar-refractivity contribution >= 4 is 11.8 Å². The van der Waals surface area contributed by atoms with E-state index in [0.717, 1.165) is 6.54 Å². The summed E-state index contributed by atoms with van der Waals surface area (Å²) in [5, 5.41) is 12.2. The fourth-order valence-corrected chi connectivity index (χ4v) is 1.76. The van der Waals surface area contributed by atoms with Crippen LogP contribution in [0.2, 0.25) is 0 Å². The monoisotopic (exact) mass is 229 g/mol. The lowest BCUT2D eigenvalue weighted by atomic mass is 10.1. The van der Waals surface area contributed by atoms with Crippen molar-refractivity contribution in [2.75, 3.05) is 6.54 Å². The number of hydrogen-bond acceptors (Lipinski definition) is 5. The fraction of sp³-hybridized carbons (Fsp3) is 0.800. The van der Waals surface area contributed by atoms with Crippen molar-refractivity contribution in [3.63, 3.8) is 0 Å². The van der Waals surface area contributed by atoms with Crippen molar-refractivity contribution in [3.8, 4) is 0 Å². The molecule has 86 valence electrons. The molecule has 1 N–H and O–H groups in total. The minimum Gasteiger partial charge on any atom is -0.416 e. The van der Waals surface area contributed by atoms with Crippen LogP contribution in [0.5, 0.6) is 0 Å². The van der Waals surface area contributed by atoms with Crippen molar-refractivity contribution in [1.29, 1.82) is 0 Å². The Morgan fingerprint density at radius 2 is 2.07 bits per heavy atom. The summed E-state index contributed by atoms with van der Waals surface area (Å²) in [6.07, 6.45) is 0. The summed E-state index contributed by atoms with van der Waals surface area (Å²) >= 11 is 1.60. The van der Waals surface area contributed by atoms with Crippen LogP contribution in [0.1, 0.15) is 33.6 Å². The quantitative estimate of drug-likeness (QED) is 0.802. The van der Waals surface area contributed by atoms with Crippen molar-refractivity contribution in [2.45, 2.75) is 50.6 Å². The van der Waals surface area contributed by atoms with Crippen LogP contribution in [-0.4, -0.2) is 27.5 Å². The van der Waals surface area contributed by atoms with Crippen LogP contribution < -0.4 is 5.32 Å². The van der Waals surface area contributed by atoms with Crippen LogP contribution in [0.3, 0.4) is 0 Å². The molecule has 15 heavy (non-hydrogen) atoms. The Labute approximate surface area is 95.2 Å². The first-order valence-electron chi connectivity index (χ1n) is 5.08. The molecule has 0 fully saturated rings. The summed E-state index contributed by atoms with van der Waals surface area (Å²) in [4.78, 5) is 0. The zero-order valence-corrected chi connectivity index (χ0v) is 10.8. The number of aryl methyl sites for hydroxylation is 1. The molecule has 0 saturated carbocycles. The summed E-state index contributed by atoms with van der Waals surface area (Å²) in [5.74, 6) is 0.619. The van der Waals surface area contributed by atoms with Crippen molar-refractivity contribution in [3.05, 3.63) is 5.89 Å². The fourth-order valence-electron chi connectivity index (χ4n) is 0.990. The molecule has 1 rings (SSSR count). The predicted molar refractivity (Wildman–Crippen MR) is 62.1 cm³/mol. The van der Waals surface area contributed by atoms with Crippen molar-refractivity contribution < 1.29 is 4.42 Å². The molecule has 0 spiro atoms. The van der Waals surface area contributed by atoms with E-state index in [4.69, 9.17) is 4.42 Å². The third kappa shape index (κ3) is 5.18. The normalized spacial score (nSPS) is 14.2. The van der Waals surface area contributed by atoms with Gasteiger partial charge in [-0.1, -0.05) is 18.7 Å². The molecule has 4 nitrogen and oxygen atoms in total. The van der Waals surface area contributed by atoms with Gasteiger partial charge in [-0.15, -0.1) is 10.2 Å². The molecule has 1 unspecified atom stereocenters. The van der Waals surface area contributed by atoms with E-state index in [1.807, 2.05) is 0 Å². The number of nitrogens with one attached hydrogen (secondary N) is 1. The molecule has 1 aromatic heterocycles. The third-order valence-corrected chi connectivity index (χ3v) is 2.66. The maximum Gasteiger partial charge on any atom is 0.276 e. The smallest absolute Gasteiger partial charge is 0.276 e. The van der Waals surface area contributed by atoms with Gasteiger partial charge in [0.25, 0.3) is 5.22 Å². The second-order valence-electron chi connectivity index (χ2n) is 4.65. The van der Waals surface area contributed by atoms with E-state index in [0.29, 0.717) is 16.4 Å². The first-order valence-corrected chi connectivity index (χ1v) is 5.96. The molecule has 0 aliphatic heterocycles. The van der Waals surface area contributed by atoms with Gasteiger partial charge in [-0.25, -0.2) is 0 Å². The Hall–Kier alpha value is -0.550. The van der Waals surface area contributed by atoms with E-state index in [1.165, 1.54) is 0 Å². The Balaban J connectivity index is 2.33. The highest BCUT2D eigenvalue weighted by Gasteiger charge is 2.14. The number of hydrogen-bond donors (Lipinski definition) is 1. The van der Waals surface area contributed by atoms with Gasteiger partial charge in [-0.2, -0.15) is 0 Å². The highest BCUT2D eigenvalue weighted by atomic mass is 32.2. The maximum absolute atomic E-state index is 5.30. The maximum atomic E-state index is 5.30. The van der Waals surface area contributed by atoms with E-state index in [2.05, 4.69) is 43.2 Å². The van der Waals surface area contributed by atoms with Gasteiger partial charge in [0.15, 0.2) is 0 Å². The van der Waals surface area contributed by atoms with Crippen LogP contribution in [0, 0.1) is 6.92 Å². The summed E-state index contributed by atoms with van der Waals surface area (Å²) in [6.45, 7) is 11.3.